The smallest absolute Gasteiger partial charge is 0.148 e. The summed E-state index contributed by atoms with van der Waals surface area (Å²) in [4.78, 5) is 9.93. The molecule has 0 heterocycles. The second kappa shape index (κ2) is 7.77. The minimum absolute atomic E-state index is 0.501. The zero-order chi connectivity index (χ0) is 14.3. The van der Waals surface area contributed by atoms with Gasteiger partial charge in [0.15, 0.2) is 0 Å². The van der Waals surface area contributed by atoms with E-state index in [1.54, 1.807) is 13.8 Å². The fourth-order valence-corrected chi connectivity index (χ4v) is 2.80. The topological polar surface area (TPSA) is 46.5 Å². The Morgan fingerprint density at radius 3 is 2.28 bits per heavy atom. The monoisotopic (exact) mass is 272 g/mol. The van der Waals surface area contributed by atoms with E-state index in [0.29, 0.717) is 12.2 Å². The highest BCUT2D eigenvalue weighted by molar-refractivity contribution is 8.00. The number of carbonyl (C=O) groups is 1. The first-order valence-electron chi connectivity index (χ1n) is 5.97. The molecule has 0 aromatic heterocycles. The number of aliphatic hydroxyl groups is 1. The van der Waals surface area contributed by atoms with Crippen molar-refractivity contribution in [1.29, 1.82) is 0 Å². The van der Waals surface area contributed by atoms with Crippen molar-refractivity contribution < 1.29 is 14.6 Å². The summed E-state index contributed by atoms with van der Waals surface area (Å²) in [6, 6.07) is 0. The molecule has 0 saturated carbocycles. The molecule has 0 aliphatic heterocycles. The first-order valence-corrected chi connectivity index (χ1v) is 6.96. The van der Waals surface area contributed by atoms with Crippen LogP contribution in [0.15, 0.2) is 24.3 Å². The number of ether oxygens (including phenoxy) is 1. The predicted molar refractivity (Wildman–Crippen MR) is 77.7 cm³/mol. The zero-order valence-corrected chi connectivity index (χ0v) is 12.5. The van der Waals surface area contributed by atoms with Crippen LogP contribution in [-0.4, -0.2) is 34.3 Å². The summed E-state index contributed by atoms with van der Waals surface area (Å²) < 4.78 is 5.75. The van der Waals surface area contributed by atoms with Crippen molar-refractivity contribution in [2.45, 2.75) is 51.3 Å². The summed E-state index contributed by atoms with van der Waals surface area (Å²) in [5.74, 6) is 0.670. The van der Waals surface area contributed by atoms with E-state index in [9.17, 15) is 9.90 Å². The number of aliphatic hydroxyl groups excluding tert-OH is 1. The van der Waals surface area contributed by atoms with Crippen LogP contribution in [0.25, 0.3) is 0 Å². The van der Waals surface area contributed by atoms with Gasteiger partial charge in [0, 0.05) is 12.2 Å². The van der Waals surface area contributed by atoms with Crippen LogP contribution in [-0.2, 0) is 9.53 Å². The SMILES string of the molecule is C=C(C)CS[C@](CC(=C)C)(O[C@@H](C)C=O)[C@H](C)O. The molecular formula is C14H24O3S. The summed E-state index contributed by atoms with van der Waals surface area (Å²) in [7, 11) is 0. The highest BCUT2D eigenvalue weighted by Crippen LogP contribution is 2.38. The first-order chi connectivity index (χ1) is 8.23. The van der Waals surface area contributed by atoms with Crippen molar-refractivity contribution in [3.05, 3.63) is 24.3 Å². The maximum absolute atomic E-state index is 10.8. The number of rotatable bonds is 9. The Balaban J connectivity index is 5.06. The summed E-state index contributed by atoms with van der Waals surface area (Å²) in [5.41, 5.74) is 1.90. The fourth-order valence-electron chi connectivity index (χ4n) is 1.50. The molecule has 0 fully saturated rings. The zero-order valence-electron chi connectivity index (χ0n) is 11.7. The molecular weight excluding hydrogens is 248 g/mol. The summed E-state index contributed by atoms with van der Waals surface area (Å²) in [5, 5.41) is 10.0. The Kier molecular flexibility index (Phi) is 7.52. The molecule has 18 heavy (non-hydrogen) atoms. The van der Waals surface area contributed by atoms with Gasteiger partial charge in [0.2, 0.25) is 0 Å². The van der Waals surface area contributed by atoms with Gasteiger partial charge in [0.1, 0.15) is 17.3 Å². The van der Waals surface area contributed by atoms with E-state index >= 15 is 0 Å². The molecule has 0 aliphatic carbocycles. The number of aldehydes is 1. The lowest BCUT2D eigenvalue weighted by atomic mass is 10.1. The van der Waals surface area contributed by atoms with Crippen LogP contribution in [0.1, 0.15) is 34.1 Å². The lowest BCUT2D eigenvalue weighted by Crippen LogP contribution is -2.43. The number of thioether (sulfide) groups is 1. The van der Waals surface area contributed by atoms with Gasteiger partial charge in [-0.3, -0.25) is 0 Å². The van der Waals surface area contributed by atoms with Gasteiger partial charge in [-0.2, -0.15) is 0 Å². The molecule has 4 heteroatoms. The minimum Gasteiger partial charge on any atom is -0.389 e. The van der Waals surface area contributed by atoms with Crippen molar-refractivity contribution in [2.75, 3.05) is 5.75 Å². The van der Waals surface area contributed by atoms with Gasteiger partial charge in [0.05, 0.1) is 6.10 Å². The van der Waals surface area contributed by atoms with E-state index in [1.165, 1.54) is 11.8 Å². The molecule has 0 rings (SSSR count). The normalized spacial score (nSPS) is 17.6. The lowest BCUT2D eigenvalue weighted by Gasteiger charge is -2.37. The quantitative estimate of drug-likeness (QED) is 0.398. The summed E-state index contributed by atoms with van der Waals surface area (Å²) >= 11 is 1.47. The van der Waals surface area contributed by atoms with Gasteiger partial charge in [-0.15, -0.1) is 11.8 Å². The molecule has 3 atom stereocenters. The van der Waals surface area contributed by atoms with Crippen LogP contribution in [0.2, 0.25) is 0 Å². The van der Waals surface area contributed by atoms with Gasteiger partial charge in [0.25, 0.3) is 0 Å². The highest BCUT2D eigenvalue weighted by atomic mass is 32.2. The highest BCUT2D eigenvalue weighted by Gasteiger charge is 2.38. The third-order valence-corrected chi connectivity index (χ3v) is 4.03. The third-order valence-electron chi connectivity index (χ3n) is 2.32. The Hall–Kier alpha value is -0.580. The molecule has 0 aromatic carbocycles. The molecule has 0 unspecified atom stereocenters. The van der Waals surface area contributed by atoms with Crippen molar-refractivity contribution in [3.63, 3.8) is 0 Å². The molecule has 104 valence electrons. The average Bonchev–Trinajstić information content (AvgIpc) is 2.24. The standard InChI is InChI=1S/C14H24O3S/c1-10(2)7-14(13(6)16,17-12(5)8-15)18-9-11(3)4/h8,12-13,16H,1,3,7,9H2,2,4-6H3/t12-,13-,14-/m0/s1. The Labute approximate surface area is 114 Å². The molecule has 0 aliphatic rings. The predicted octanol–water partition coefficient (Wildman–Crippen LogP) is 2.94. The van der Waals surface area contributed by atoms with Gasteiger partial charge in [-0.1, -0.05) is 24.3 Å². The third kappa shape index (κ3) is 5.85. The summed E-state index contributed by atoms with van der Waals surface area (Å²) in [6.45, 7) is 14.9. The lowest BCUT2D eigenvalue weighted by molar-refractivity contribution is -0.130. The molecule has 0 radical (unpaired) electrons. The van der Waals surface area contributed by atoms with Gasteiger partial charge < -0.3 is 14.6 Å². The van der Waals surface area contributed by atoms with E-state index in [-0.39, 0.29) is 0 Å². The van der Waals surface area contributed by atoms with Gasteiger partial charge >= 0.3 is 0 Å². The van der Waals surface area contributed by atoms with Crippen LogP contribution in [0.5, 0.6) is 0 Å². The van der Waals surface area contributed by atoms with Crippen LogP contribution >= 0.6 is 11.8 Å². The van der Waals surface area contributed by atoms with Gasteiger partial charge in [-0.25, -0.2) is 0 Å². The van der Waals surface area contributed by atoms with E-state index < -0.39 is 17.1 Å². The van der Waals surface area contributed by atoms with Crippen molar-refractivity contribution in [1.82, 2.24) is 0 Å². The van der Waals surface area contributed by atoms with E-state index in [4.69, 9.17) is 4.74 Å². The molecule has 3 nitrogen and oxygen atoms in total. The van der Waals surface area contributed by atoms with Crippen LogP contribution in [0, 0.1) is 0 Å². The minimum atomic E-state index is -0.842. The van der Waals surface area contributed by atoms with Crippen LogP contribution in [0.4, 0.5) is 0 Å². The molecule has 0 amide bonds. The van der Waals surface area contributed by atoms with E-state index in [0.717, 1.165) is 17.4 Å². The fraction of sp³-hybridized carbons (Fsp3) is 0.643. The Morgan fingerprint density at radius 2 is 1.94 bits per heavy atom. The van der Waals surface area contributed by atoms with Crippen molar-refractivity contribution >= 4 is 18.0 Å². The van der Waals surface area contributed by atoms with Crippen molar-refractivity contribution in [3.8, 4) is 0 Å². The van der Waals surface area contributed by atoms with Crippen LogP contribution in [0.3, 0.4) is 0 Å². The average molecular weight is 272 g/mol. The van der Waals surface area contributed by atoms with Gasteiger partial charge in [-0.05, 0) is 27.7 Å². The maximum Gasteiger partial charge on any atom is 0.148 e. The largest absolute Gasteiger partial charge is 0.389 e. The number of hydrogen-bond donors (Lipinski definition) is 1. The van der Waals surface area contributed by atoms with E-state index in [2.05, 4.69) is 13.2 Å². The summed E-state index contributed by atoms with van der Waals surface area (Å²) in [6.07, 6.45) is -0.0324. The van der Waals surface area contributed by atoms with E-state index in [1.807, 2.05) is 13.8 Å². The Bertz CT molecular complexity index is 312. The molecule has 0 spiro atoms. The molecule has 0 bridgehead atoms. The van der Waals surface area contributed by atoms with Crippen LogP contribution < -0.4 is 0 Å². The second-order valence-electron chi connectivity index (χ2n) is 4.83. The molecule has 1 N–H and O–H groups in total. The number of carbonyl (C=O) groups excluding carboxylic acids is 1. The van der Waals surface area contributed by atoms with Crippen molar-refractivity contribution in [2.24, 2.45) is 0 Å². The Morgan fingerprint density at radius 1 is 1.39 bits per heavy atom. The molecule has 0 aromatic rings. The number of hydrogen-bond acceptors (Lipinski definition) is 4. The second-order valence-corrected chi connectivity index (χ2v) is 6.09. The molecule has 0 saturated heterocycles. The first kappa shape index (κ1) is 17.4. The maximum atomic E-state index is 10.8.